The number of nitrogens with zero attached hydrogens (tertiary/aromatic N) is 2. The lowest BCUT2D eigenvalue weighted by Crippen LogP contribution is -2.47. The van der Waals surface area contributed by atoms with Gasteiger partial charge in [0.25, 0.3) is 0 Å². The molecule has 2 heterocycles. The van der Waals surface area contributed by atoms with Gasteiger partial charge in [0.2, 0.25) is 15.9 Å². The van der Waals surface area contributed by atoms with Gasteiger partial charge in [-0.2, -0.15) is 4.31 Å². The number of hydrogen-bond acceptors (Lipinski definition) is 5. The summed E-state index contributed by atoms with van der Waals surface area (Å²) in [5.41, 5.74) is 2.08. The summed E-state index contributed by atoms with van der Waals surface area (Å²) in [6.07, 6.45) is 0.756. The van der Waals surface area contributed by atoms with Crippen molar-refractivity contribution in [2.75, 3.05) is 26.7 Å². The number of carbonyl (C=O) groups excluding carboxylic acids is 1. The Morgan fingerprint density at radius 2 is 1.79 bits per heavy atom. The number of thiophene rings is 1. The van der Waals surface area contributed by atoms with Crippen LogP contribution in [0.5, 0.6) is 5.75 Å². The standard InChI is InChI=1S/C30H32N2O4S2/c1-21(2)19-31(38(34,35)28-10-6-8-22-7-4-5-9-25(22)28)20-29(33)32-17-15-27-26(16-18-37-27)30(32)23-11-13-24(36-3)14-12-23/h4-14,16,18,21,30H,15,17,19-20H2,1-3H3. The molecule has 0 saturated carbocycles. The van der Waals surface area contributed by atoms with Crippen LogP contribution in [0.4, 0.5) is 0 Å². The lowest BCUT2D eigenvalue weighted by atomic mass is 9.93. The molecule has 1 aliphatic heterocycles. The Bertz CT molecular complexity index is 1540. The molecule has 8 heteroatoms. The average molecular weight is 549 g/mol. The molecule has 38 heavy (non-hydrogen) atoms. The Labute approximate surface area is 228 Å². The van der Waals surface area contributed by atoms with Gasteiger partial charge in [0.05, 0.1) is 24.6 Å². The highest BCUT2D eigenvalue weighted by atomic mass is 32.2. The lowest BCUT2D eigenvalue weighted by molar-refractivity contribution is -0.133. The summed E-state index contributed by atoms with van der Waals surface area (Å²) in [5, 5.41) is 3.57. The number of hydrogen-bond donors (Lipinski definition) is 0. The number of fused-ring (bicyclic) bond motifs is 2. The third kappa shape index (κ3) is 5.08. The second-order valence-electron chi connectivity index (χ2n) is 9.98. The maximum Gasteiger partial charge on any atom is 0.244 e. The molecule has 6 nitrogen and oxygen atoms in total. The molecule has 0 N–H and O–H groups in total. The first-order valence-corrected chi connectivity index (χ1v) is 15.1. The van der Waals surface area contributed by atoms with Gasteiger partial charge < -0.3 is 9.64 Å². The van der Waals surface area contributed by atoms with Crippen LogP contribution in [-0.2, 0) is 21.2 Å². The van der Waals surface area contributed by atoms with E-state index in [1.54, 1.807) is 30.6 Å². The van der Waals surface area contributed by atoms with E-state index in [1.807, 2.05) is 73.3 Å². The SMILES string of the molecule is COc1ccc(C2c3ccsc3CCN2C(=O)CN(CC(C)C)S(=O)(=O)c2cccc3ccccc23)cc1. The van der Waals surface area contributed by atoms with Crippen molar-refractivity contribution in [2.24, 2.45) is 5.92 Å². The Kier molecular flexibility index (Phi) is 7.56. The van der Waals surface area contributed by atoms with Crippen LogP contribution in [0.25, 0.3) is 10.8 Å². The molecular formula is C30H32N2O4S2. The average Bonchev–Trinajstić information content (AvgIpc) is 3.40. The normalized spacial score (nSPS) is 15.7. The Morgan fingerprint density at radius 1 is 1.05 bits per heavy atom. The fraction of sp³-hybridized carbons (Fsp3) is 0.300. The van der Waals surface area contributed by atoms with Gasteiger partial charge >= 0.3 is 0 Å². The first-order chi connectivity index (χ1) is 18.3. The molecule has 1 aromatic heterocycles. The number of sulfonamides is 1. The van der Waals surface area contributed by atoms with Crippen LogP contribution in [0.15, 0.2) is 83.1 Å². The highest BCUT2D eigenvalue weighted by Gasteiger charge is 2.36. The molecule has 0 bridgehead atoms. The molecular weight excluding hydrogens is 516 g/mol. The minimum Gasteiger partial charge on any atom is -0.497 e. The zero-order valence-electron chi connectivity index (χ0n) is 21.8. The van der Waals surface area contributed by atoms with Crippen molar-refractivity contribution in [1.82, 2.24) is 9.21 Å². The molecule has 4 aromatic rings. The minimum atomic E-state index is -3.93. The summed E-state index contributed by atoms with van der Waals surface area (Å²) >= 11 is 1.70. The Balaban J connectivity index is 1.50. The zero-order valence-corrected chi connectivity index (χ0v) is 23.5. The van der Waals surface area contributed by atoms with Crippen LogP contribution < -0.4 is 4.74 Å². The van der Waals surface area contributed by atoms with E-state index in [1.165, 1.54) is 9.18 Å². The van der Waals surface area contributed by atoms with Gasteiger partial charge in [0, 0.05) is 23.4 Å². The van der Waals surface area contributed by atoms with E-state index < -0.39 is 10.0 Å². The number of ether oxygens (including phenoxy) is 1. The van der Waals surface area contributed by atoms with Crippen molar-refractivity contribution in [3.63, 3.8) is 0 Å². The monoisotopic (exact) mass is 548 g/mol. The smallest absolute Gasteiger partial charge is 0.244 e. The van der Waals surface area contributed by atoms with Crippen molar-refractivity contribution in [1.29, 1.82) is 0 Å². The van der Waals surface area contributed by atoms with Gasteiger partial charge in [0.1, 0.15) is 5.75 Å². The molecule has 3 aromatic carbocycles. The van der Waals surface area contributed by atoms with Crippen LogP contribution >= 0.6 is 11.3 Å². The Morgan fingerprint density at radius 3 is 2.53 bits per heavy atom. The Hall–Kier alpha value is -3.20. The largest absolute Gasteiger partial charge is 0.497 e. The molecule has 5 rings (SSSR count). The van der Waals surface area contributed by atoms with Crippen LogP contribution in [-0.4, -0.2) is 50.3 Å². The fourth-order valence-corrected chi connectivity index (χ4v) is 7.86. The van der Waals surface area contributed by atoms with E-state index in [4.69, 9.17) is 4.74 Å². The van der Waals surface area contributed by atoms with E-state index >= 15 is 0 Å². The van der Waals surface area contributed by atoms with E-state index in [0.717, 1.165) is 28.7 Å². The number of methoxy groups -OCH3 is 1. The summed E-state index contributed by atoms with van der Waals surface area (Å²) in [5.74, 6) is 0.596. The van der Waals surface area contributed by atoms with Gasteiger partial charge in [-0.15, -0.1) is 11.3 Å². The second kappa shape index (κ2) is 10.9. The zero-order chi connectivity index (χ0) is 26.9. The summed E-state index contributed by atoms with van der Waals surface area (Å²) in [4.78, 5) is 17.3. The van der Waals surface area contributed by atoms with Crippen LogP contribution in [0.3, 0.4) is 0 Å². The van der Waals surface area contributed by atoms with Crippen molar-refractivity contribution < 1.29 is 17.9 Å². The third-order valence-electron chi connectivity index (χ3n) is 6.97. The summed E-state index contributed by atoms with van der Waals surface area (Å²) in [7, 11) is -2.30. The highest BCUT2D eigenvalue weighted by molar-refractivity contribution is 7.89. The molecule has 0 radical (unpaired) electrons. The second-order valence-corrected chi connectivity index (χ2v) is 12.9. The maximum absolute atomic E-state index is 14.0. The molecule has 1 unspecified atom stereocenters. The van der Waals surface area contributed by atoms with Crippen molar-refractivity contribution >= 4 is 38.0 Å². The van der Waals surface area contributed by atoms with Gasteiger partial charge in [-0.1, -0.05) is 62.4 Å². The van der Waals surface area contributed by atoms with Crippen molar-refractivity contribution in [3.8, 4) is 5.75 Å². The van der Waals surface area contributed by atoms with E-state index in [0.29, 0.717) is 11.9 Å². The molecule has 198 valence electrons. The predicted molar refractivity (Wildman–Crippen MR) is 152 cm³/mol. The molecule has 1 amide bonds. The molecule has 1 atom stereocenters. The number of amides is 1. The predicted octanol–water partition coefficient (Wildman–Crippen LogP) is 5.73. The quantitative estimate of drug-likeness (QED) is 0.282. The van der Waals surface area contributed by atoms with E-state index in [2.05, 4.69) is 11.4 Å². The van der Waals surface area contributed by atoms with E-state index in [-0.39, 0.29) is 35.9 Å². The van der Waals surface area contributed by atoms with Gasteiger partial charge in [-0.05, 0) is 58.5 Å². The minimum absolute atomic E-state index is 0.0507. The number of rotatable bonds is 8. The van der Waals surface area contributed by atoms with Gasteiger partial charge in [0.15, 0.2) is 0 Å². The van der Waals surface area contributed by atoms with E-state index in [9.17, 15) is 13.2 Å². The summed E-state index contributed by atoms with van der Waals surface area (Å²) in [6.45, 7) is 4.51. The summed E-state index contributed by atoms with van der Waals surface area (Å²) < 4.78 is 34.7. The van der Waals surface area contributed by atoms with Crippen molar-refractivity contribution in [2.45, 2.75) is 31.2 Å². The van der Waals surface area contributed by atoms with Gasteiger partial charge in [-0.25, -0.2) is 8.42 Å². The molecule has 0 spiro atoms. The van der Waals surface area contributed by atoms with Crippen LogP contribution in [0.1, 0.15) is 35.9 Å². The maximum atomic E-state index is 14.0. The molecule has 0 saturated heterocycles. The third-order valence-corrected chi connectivity index (χ3v) is 9.83. The number of carbonyl (C=O) groups is 1. The highest BCUT2D eigenvalue weighted by Crippen LogP contribution is 2.38. The first-order valence-electron chi connectivity index (χ1n) is 12.8. The molecule has 1 aliphatic rings. The fourth-order valence-electron chi connectivity index (χ4n) is 5.19. The molecule has 0 aliphatic carbocycles. The lowest BCUT2D eigenvalue weighted by Gasteiger charge is -2.37. The van der Waals surface area contributed by atoms with Gasteiger partial charge in [-0.3, -0.25) is 4.79 Å². The summed E-state index contributed by atoms with van der Waals surface area (Å²) in [6, 6.07) is 22.3. The van der Waals surface area contributed by atoms with Crippen molar-refractivity contribution in [3.05, 3.63) is 94.2 Å². The topological polar surface area (TPSA) is 66.9 Å². The van der Waals surface area contributed by atoms with Crippen LogP contribution in [0.2, 0.25) is 0 Å². The molecule has 0 fully saturated rings. The number of benzene rings is 3. The van der Waals surface area contributed by atoms with Crippen LogP contribution in [0, 0.1) is 5.92 Å². The first kappa shape index (κ1) is 26.4.